The minimum atomic E-state index is -0.196. The van der Waals surface area contributed by atoms with Gasteiger partial charge in [-0.1, -0.05) is 12.1 Å². The summed E-state index contributed by atoms with van der Waals surface area (Å²) in [5, 5.41) is 8.81. The van der Waals surface area contributed by atoms with Gasteiger partial charge in [0.05, 0.1) is 12.6 Å². The van der Waals surface area contributed by atoms with E-state index in [1.165, 1.54) is 0 Å². The van der Waals surface area contributed by atoms with Crippen molar-refractivity contribution in [2.75, 3.05) is 44.4 Å². The van der Waals surface area contributed by atoms with Crippen LogP contribution in [0.1, 0.15) is 35.2 Å². The zero-order valence-electron chi connectivity index (χ0n) is 19.2. The Bertz CT molecular complexity index is 953. The quantitative estimate of drug-likeness (QED) is 0.515. The minimum absolute atomic E-state index is 0.0825. The van der Waals surface area contributed by atoms with Crippen molar-refractivity contribution >= 4 is 29.1 Å². The Morgan fingerprint density at radius 3 is 2.55 bits per heavy atom. The van der Waals surface area contributed by atoms with Gasteiger partial charge in [0, 0.05) is 50.6 Å². The van der Waals surface area contributed by atoms with Crippen LogP contribution in [0.15, 0.2) is 48.5 Å². The second-order valence-corrected chi connectivity index (χ2v) is 8.31. The van der Waals surface area contributed by atoms with Crippen molar-refractivity contribution in [2.45, 2.75) is 31.8 Å². The van der Waals surface area contributed by atoms with Crippen LogP contribution >= 0.6 is 0 Å². The van der Waals surface area contributed by atoms with E-state index in [2.05, 4.69) is 16.0 Å². The van der Waals surface area contributed by atoms with Crippen LogP contribution in [-0.2, 0) is 20.7 Å². The molecule has 8 heteroatoms. The molecule has 0 spiro atoms. The molecular formula is C25H32N4O4. The van der Waals surface area contributed by atoms with E-state index in [9.17, 15) is 14.4 Å². The van der Waals surface area contributed by atoms with Crippen molar-refractivity contribution in [1.29, 1.82) is 0 Å². The molecule has 1 aliphatic heterocycles. The van der Waals surface area contributed by atoms with E-state index >= 15 is 0 Å². The second kappa shape index (κ2) is 12.0. The molecule has 0 aliphatic carbocycles. The fourth-order valence-electron chi connectivity index (χ4n) is 3.52. The number of nitrogens with one attached hydrogen (secondary N) is 3. The van der Waals surface area contributed by atoms with Gasteiger partial charge in [0.2, 0.25) is 11.8 Å². The maximum atomic E-state index is 12.3. The number of rotatable bonds is 10. The molecule has 8 nitrogen and oxygen atoms in total. The number of carbonyl (C=O) groups excluding carboxylic acids is 3. The Labute approximate surface area is 194 Å². The molecule has 0 aromatic heterocycles. The van der Waals surface area contributed by atoms with Crippen LogP contribution in [-0.4, -0.2) is 62.5 Å². The van der Waals surface area contributed by atoms with Crippen LogP contribution in [0.25, 0.3) is 0 Å². The molecule has 1 heterocycles. The first-order valence-corrected chi connectivity index (χ1v) is 11.2. The van der Waals surface area contributed by atoms with Gasteiger partial charge in [0.1, 0.15) is 0 Å². The van der Waals surface area contributed by atoms with Gasteiger partial charge >= 0.3 is 0 Å². The molecule has 3 N–H and O–H groups in total. The summed E-state index contributed by atoms with van der Waals surface area (Å²) in [4.78, 5) is 37.9. The molecule has 1 aliphatic rings. The third-order valence-corrected chi connectivity index (χ3v) is 5.45. The summed E-state index contributed by atoms with van der Waals surface area (Å²) < 4.78 is 5.51. The molecule has 2 aromatic carbocycles. The third-order valence-electron chi connectivity index (χ3n) is 5.45. The average Bonchev–Trinajstić information content (AvgIpc) is 3.34. The lowest BCUT2D eigenvalue weighted by molar-refractivity contribution is -0.128. The molecule has 1 saturated heterocycles. The molecule has 0 bridgehead atoms. The van der Waals surface area contributed by atoms with Gasteiger partial charge in [0.25, 0.3) is 5.91 Å². The van der Waals surface area contributed by atoms with E-state index in [4.69, 9.17) is 4.74 Å². The summed E-state index contributed by atoms with van der Waals surface area (Å²) in [6, 6.07) is 14.5. The molecule has 176 valence electrons. The summed E-state index contributed by atoms with van der Waals surface area (Å²) in [6.07, 6.45) is 3.19. The number of hydrogen-bond donors (Lipinski definition) is 3. The molecule has 1 unspecified atom stereocenters. The minimum Gasteiger partial charge on any atom is -0.376 e. The van der Waals surface area contributed by atoms with Crippen LogP contribution in [0.5, 0.6) is 0 Å². The zero-order valence-corrected chi connectivity index (χ0v) is 19.2. The van der Waals surface area contributed by atoms with E-state index in [0.717, 1.165) is 30.7 Å². The Morgan fingerprint density at radius 2 is 1.85 bits per heavy atom. The van der Waals surface area contributed by atoms with Crippen LogP contribution < -0.4 is 16.0 Å². The predicted molar refractivity (Wildman–Crippen MR) is 128 cm³/mol. The number of nitrogens with zero attached hydrogens (tertiary/aromatic N) is 1. The topological polar surface area (TPSA) is 99.8 Å². The molecule has 1 atom stereocenters. The van der Waals surface area contributed by atoms with Gasteiger partial charge in [-0.15, -0.1) is 0 Å². The number of hydrogen-bond acceptors (Lipinski definition) is 5. The molecule has 0 radical (unpaired) electrons. The van der Waals surface area contributed by atoms with Gasteiger partial charge < -0.3 is 25.6 Å². The van der Waals surface area contributed by atoms with Gasteiger partial charge in [-0.2, -0.15) is 0 Å². The highest BCUT2D eigenvalue weighted by atomic mass is 16.5. The molecule has 1 fully saturated rings. The number of carbonyl (C=O) groups is 3. The van der Waals surface area contributed by atoms with Crippen molar-refractivity contribution in [3.05, 3.63) is 59.7 Å². The Hall–Kier alpha value is -3.39. The lowest BCUT2D eigenvalue weighted by atomic mass is 10.1. The van der Waals surface area contributed by atoms with Gasteiger partial charge in [0.15, 0.2) is 0 Å². The normalized spacial score (nSPS) is 15.0. The highest BCUT2D eigenvalue weighted by Gasteiger charge is 2.16. The summed E-state index contributed by atoms with van der Waals surface area (Å²) in [5.41, 5.74) is 3.00. The lowest BCUT2D eigenvalue weighted by Gasteiger charge is -2.12. The SMILES string of the molecule is CN(C)C(=O)CCc1cccc(NCC(=O)Nc2ccc(C(=O)NCC3CCCO3)cc2)c1. The smallest absolute Gasteiger partial charge is 0.251 e. The number of ether oxygens (including phenoxy) is 1. The number of amides is 3. The molecule has 2 aromatic rings. The summed E-state index contributed by atoms with van der Waals surface area (Å²) in [6.45, 7) is 1.37. The zero-order chi connectivity index (χ0) is 23.6. The van der Waals surface area contributed by atoms with Crippen molar-refractivity contribution in [3.8, 4) is 0 Å². The summed E-state index contributed by atoms with van der Waals surface area (Å²) in [5.74, 6) is -0.268. The Balaban J connectivity index is 1.42. The fraction of sp³-hybridized carbons (Fsp3) is 0.400. The molecule has 3 rings (SSSR count). The average molecular weight is 453 g/mol. The third kappa shape index (κ3) is 7.91. The van der Waals surface area contributed by atoms with E-state index < -0.39 is 0 Å². The number of anilines is 2. The van der Waals surface area contributed by atoms with Crippen molar-refractivity contribution in [2.24, 2.45) is 0 Å². The molecule has 33 heavy (non-hydrogen) atoms. The van der Waals surface area contributed by atoms with Crippen molar-refractivity contribution in [1.82, 2.24) is 10.2 Å². The maximum absolute atomic E-state index is 12.3. The fourth-order valence-corrected chi connectivity index (χ4v) is 3.52. The first-order valence-electron chi connectivity index (χ1n) is 11.2. The van der Waals surface area contributed by atoms with Gasteiger partial charge in [-0.25, -0.2) is 0 Å². The Kier molecular flexibility index (Phi) is 8.83. The van der Waals surface area contributed by atoms with Gasteiger partial charge in [-0.3, -0.25) is 14.4 Å². The van der Waals surface area contributed by atoms with E-state index in [1.807, 2.05) is 24.3 Å². The lowest BCUT2D eigenvalue weighted by Crippen LogP contribution is -2.31. The van der Waals surface area contributed by atoms with E-state index in [-0.39, 0.29) is 30.4 Å². The number of benzene rings is 2. The standard InChI is InChI=1S/C25H32N4O4/c1-29(2)24(31)13-8-18-5-3-6-21(15-18)26-17-23(30)28-20-11-9-19(10-12-20)25(32)27-16-22-7-4-14-33-22/h3,5-6,9-12,15,22,26H,4,7-8,13-14,16-17H2,1-2H3,(H,27,32)(H,28,30). The molecular weight excluding hydrogens is 420 g/mol. The van der Waals surface area contributed by atoms with Crippen LogP contribution in [0, 0.1) is 0 Å². The largest absolute Gasteiger partial charge is 0.376 e. The summed E-state index contributed by atoms with van der Waals surface area (Å²) in [7, 11) is 3.49. The molecule has 3 amide bonds. The first-order chi connectivity index (χ1) is 15.9. The van der Waals surface area contributed by atoms with Crippen LogP contribution in [0.3, 0.4) is 0 Å². The van der Waals surface area contributed by atoms with Crippen molar-refractivity contribution < 1.29 is 19.1 Å². The predicted octanol–water partition coefficient (Wildman–Crippen LogP) is 2.67. The maximum Gasteiger partial charge on any atom is 0.251 e. The summed E-state index contributed by atoms with van der Waals surface area (Å²) >= 11 is 0. The van der Waals surface area contributed by atoms with Gasteiger partial charge in [-0.05, 0) is 61.2 Å². The highest BCUT2D eigenvalue weighted by molar-refractivity contribution is 5.96. The molecule has 0 saturated carbocycles. The first kappa shape index (κ1) is 24.3. The van der Waals surface area contributed by atoms with Crippen LogP contribution in [0.4, 0.5) is 11.4 Å². The second-order valence-electron chi connectivity index (χ2n) is 8.31. The van der Waals surface area contributed by atoms with Crippen LogP contribution in [0.2, 0.25) is 0 Å². The van der Waals surface area contributed by atoms with Crippen molar-refractivity contribution in [3.63, 3.8) is 0 Å². The highest BCUT2D eigenvalue weighted by Crippen LogP contribution is 2.14. The van der Waals surface area contributed by atoms with E-state index in [1.54, 1.807) is 43.3 Å². The Morgan fingerprint density at radius 1 is 1.06 bits per heavy atom. The monoisotopic (exact) mass is 452 g/mol. The van der Waals surface area contributed by atoms with E-state index in [0.29, 0.717) is 30.6 Å². The number of aryl methyl sites for hydroxylation is 1.